The van der Waals surface area contributed by atoms with Crippen LogP contribution in [-0.4, -0.2) is 246 Å². The first-order valence-electron chi connectivity index (χ1n) is 33.5. The average Bonchev–Trinajstić information content (AvgIpc) is 1.29. The largest absolute Gasteiger partial charge is 0.481 e. The number of carbonyl (C=O) groups is 13. The molecule has 0 unspecified atom stereocenters. The molecule has 0 saturated carbocycles. The number of carbonyl (C=O) groups excluding carboxylic acids is 12. The van der Waals surface area contributed by atoms with Crippen LogP contribution in [0.2, 0.25) is 0 Å². The lowest BCUT2D eigenvalue weighted by Crippen LogP contribution is -2.53. The minimum atomic E-state index is -1.52. The van der Waals surface area contributed by atoms with Crippen molar-refractivity contribution in [2.24, 2.45) is 57.3 Å². The predicted molar refractivity (Wildman–Crippen MR) is 374 cm³/mol. The SMILES string of the molecule is NCCNCC(CNCCN)CC(=O)NCCCC[C@@H]1NC(=O)CSC[C@@H](C(=O)CCCOCCOCCOCCCC(=O)COCC(N)=O)NC(=O)[C@H](Cc2ccccc2)CC(=O)[C@@H]2CSSC[C@H](NC1=O)C(=O)C[C@@H](CCCN=C(N)N)C(=O)NCC(=O)C[C@@H](CC(=O)O)C(=O)N2. The van der Waals surface area contributed by atoms with Gasteiger partial charge >= 0.3 is 5.97 Å². The maximum absolute atomic E-state index is 14.8. The van der Waals surface area contributed by atoms with E-state index in [-0.39, 0.29) is 164 Å². The minimum absolute atomic E-state index is 0.0126. The monoisotopic (exact) mass is 1450 g/mol. The summed E-state index contributed by atoms with van der Waals surface area (Å²) in [7, 11) is 2.03. The number of carboxylic acid groups (broad SMARTS) is 1. The molecule has 7 atom stereocenters. The number of nitrogens with zero attached hydrogens (tertiary/aromatic N) is 1. The van der Waals surface area contributed by atoms with Gasteiger partial charge in [0.25, 0.3) is 0 Å². The number of primary amides is 1. The van der Waals surface area contributed by atoms with E-state index in [1.807, 2.05) is 0 Å². The zero-order valence-corrected chi connectivity index (χ0v) is 58.9. The number of nitrogens with two attached hydrogens (primary N) is 5. The van der Waals surface area contributed by atoms with Gasteiger partial charge in [0.15, 0.2) is 34.9 Å². The van der Waals surface area contributed by atoms with E-state index in [4.69, 9.17) is 47.6 Å². The molecule has 1 aromatic carbocycles. The summed E-state index contributed by atoms with van der Waals surface area (Å²) in [6.45, 7) is 3.38. The van der Waals surface area contributed by atoms with Crippen LogP contribution in [0.15, 0.2) is 35.3 Å². The van der Waals surface area contributed by atoms with Crippen LogP contribution >= 0.6 is 33.3 Å². The van der Waals surface area contributed by atoms with Crippen LogP contribution in [-0.2, 0) is 87.7 Å². The third-order valence-corrected chi connectivity index (χ3v) is 18.9. The Hall–Kier alpha value is -6.67. The second-order valence-corrected chi connectivity index (χ2v) is 27.5. The molecule has 556 valence electrons. The number of aliphatic carboxylic acids is 1. The number of benzene rings is 1. The molecule has 0 aromatic heterocycles. The Morgan fingerprint density at radius 3 is 1.85 bits per heavy atom. The van der Waals surface area contributed by atoms with Gasteiger partial charge in [-0.2, -0.15) is 0 Å². The van der Waals surface area contributed by atoms with Crippen LogP contribution < -0.4 is 71.2 Å². The lowest BCUT2D eigenvalue weighted by Gasteiger charge is -2.26. The number of rotatable bonds is 42. The summed E-state index contributed by atoms with van der Waals surface area (Å²) in [6.07, 6.45) is -0.682. The van der Waals surface area contributed by atoms with Gasteiger partial charge in [-0.1, -0.05) is 51.9 Å². The summed E-state index contributed by atoms with van der Waals surface area (Å²) >= 11 is 0.983. The van der Waals surface area contributed by atoms with Gasteiger partial charge in [0.1, 0.15) is 19.3 Å². The van der Waals surface area contributed by atoms with E-state index in [0.29, 0.717) is 64.3 Å². The van der Waals surface area contributed by atoms with Crippen molar-refractivity contribution in [3.05, 3.63) is 35.9 Å². The fourth-order valence-corrected chi connectivity index (χ4v) is 13.6. The highest BCUT2D eigenvalue weighted by atomic mass is 33.1. The highest BCUT2D eigenvalue weighted by molar-refractivity contribution is 8.76. The molecule has 2 heterocycles. The molecule has 1 aromatic rings. The molecule has 2 saturated heterocycles. The van der Waals surface area contributed by atoms with Crippen LogP contribution in [0.4, 0.5) is 0 Å². The van der Waals surface area contributed by atoms with Crippen molar-refractivity contribution in [2.75, 3.05) is 135 Å². The highest BCUT2D eigenvalue weighted by Crippen LogP contribution is 2.27. The number of thioether (sulfide) groups is 1. The van der Waals surface area contributed by atoms with Crippen molar-refractivity contribution in [1.29, 1.82) is 0 Å². The summed E-state index contributed by atoms with van der Waals surface area (Å²) in [5.74, 6) is -13.8. The van der Waals surface area contributed by atoms with Crippen LogP contribution in [0, 0.1) is 23.7 Å². The molecule has 19 N–H and O–H groups in total. The number of guanidine groups is 1. The van der Waals surface area contributed by atoms with Crippen LogP contribution in [0.5, 0.6) is 0 Å². The number of hydrogen-bond acceptors (Lipinski definition) is 25. The Bertz CT molecular complexity index is 2730. The first kappa shape index (κ1) is 86.6. The van der Waals surface area contributed by atoms with Gasteiger partial charge in [0.2, 0.25) is 41.4 Å². The number of aliphatic imine (C=N–C) groups is 1. The number of nitrogens with one attached hydrogen (secondary N) is 8. The van der Waals surface area contributed by atoms with E-state index >= 15 is 0 Å². The topological polar surface area (TPSA) is 518 Å². The Labute approximate surface area is 590 Å². The summed E-state index contributed by atoms with van der Waals surface area (Å²) in [6, 6.07) is 3.43. The van der Waals surface area contributed by atoms with Crippen LogP contribution in [0.25, 0.3) is 0 Å². The molecular weight excluding hydrogens is 1350 g/mol. The summed E-state index contributed by atoms with van der Waals surface area (Å²) in [5.41, 5.74) is 28.1. The number of amides is 7. The molecule has 2 aliphatic heterocycles. The molecule has 7 amide bonds. The molecule has 99 heavy (non-hydrogen) atoms. The van der Waals surface area contributed by atoms with Gasteiger partial charge in [-0.25, -0.2) is 0 Å². The number of fused-ring (bicyclic) bond motifs is 5. The Morgan fingerprint density at radius 2 is 1.23 bits per heavy atom. The lowest BCUT2D eigenvalue weighted by molar-refractivity contribution is -0.142. The molecular formula is C64H104N14O18S3. The van der Waals surface area contributed by atoms with E-state index in [9.17, 15) is 67.4 Å². The van der Waals surface area contributed by atoms with Gasteiger partial charge < -0.3 is 95.3 Å². The van der Waals surface area contributed by atoms with Crippen molar-refractivity contribution in [2.45, 2.75) is 120 Å². The highest BCUT2D eigenvalue weighted by Gasteiger charge is 2.36. The molecule has 3 rings (SSSR count). The molecule has 32 nitrogen and oxygen atoms in total. The molecule has 0 spiro atoms. The van der Waals surface area contributed by atoms with Crippen molar-refractivity contribution in [3.8, 4) is 0 Å². The molecule has 2 fully saturated rings. The van der Waals surface area contributed by atoms with Gasteiger partial charge in [-0.05, 0) is 75.9 Å². The molecule has 2 aliphatic rings. The molecule has 2 bridgehead atoms. The van der Waals surface area contributed by atoms with E-state index < -0.39 is 139 Å². The number of ether oxygens (including phenoxy) is 4. The number of carboxylic acids is 1. The fourth-order valence-electron chi connectivity index (χ4n) is 10.3. The zero-order chi connectivity index (χ0) is 72.6. The van der Waals surface area contributed by atoms with E-state index in [1.54, 1.807) is 30.3 Å². The fraction of sp³-hybridized carbons (Fsp3) is 0.688. The van der Waals surface area contributed by atoms with Gasteiger partial charge in [0, 0.05) is 120 Å². The van der Waals surface area contributed by atoms with Crippen molar-refractivity contribution in [1.82, 2.24) is 42.5 Å². The van der Waals surface area contributed by atoms with Crippen molar-refractivity contribution < 1.29 is 86.4 Å². The maximum atomic E-state index is 14.8. The standard InChI is InChI=1S/C64H104N14O18S3/c65-15-19-70-33-43(34-71-20-16-66)28-57(85)72-17-5-4-13-49-63(92)78-52-40-99-98-39-51(77-62(91)46(32-59(87)88)29-48(80)35-74-60(89)44(30-54(52)82)11-6-18-73-64(68)69)55(83)31-45(27-42-9-2-1-3-10-42)61(90)76-50(38-97-41-58(86)75-49)53(81)14-8-22-94-24-26-95-25-23-93-21-7-12-47(79)36-96-37-56(67)84/h1-3,9-10,43-46,49-52,70-71H,4-8,11-41,65-66H2,(H2,67,84)(H,72,85)(H,74,89)(H,75,86)(H,76,90)(H,77,91)(H,78,92)(H,87,88)(H4,68,69,73)/t44-,45-,46+,49+,50+,51+,52+/m1/s1. The molecule has 0 aliphatic carbocycles. The second-order valence-electron chi connectivity index (χ2n) is 23.9. The van der Waals surface area contributed by atoms with E-state index in [2.05, 4.69) is 47.5 Å². The number of unbranched alkanes of at least 4 members (excludes halogenated alkanes) is 1. The summed E-state index contributed by atoms with van der Waals surface area (Å²) < 4.78 is 21.7. The minimum Gasteiger partial charge on any atom is -0.481 e. The number of Topliss-reactive ketones (excluding diaryl/α,β-unsaturated/α-hetero) is 5. The third kappa shape index (κ3) is 40.4. The summed E-state index contributed by atoms with van der Waals surface area (Å²) in [5, 5.41) is 32.9. The number of ketones is 5. The quantitative estimate of drug-likeness (QED) is 0.0137. The van der Waals surface area contributed by atoms with Gasteiger partial charge in [-0.3, -0.25) is 67.3 Å². The Morgan fingerprint density at radius 1 is 0.626 bits per heavy atom. The Kier molecular flexibility index (Phi) is 45.8. The smallest absolute Gasteiger partial charge is 0.304 e. The van der Waals surface area contributed by atoms with Crippen LogP contribution in [0.1, 0.15) is 95.5 Å². The normalized spacial score (nSPS) is 20.7. The van der Waals surface area contributed by atoms with E-state index in [1.165, 1.54) is 0 Å². The third-order valence-electron chi connectivity index (χ3n) is 15.5. The second kappa shape index (κ2) is 52.3. The van der Waals surface area contributed by atoms with Crippen molar-refractivity contribution >= 4 is 116 Å². The maximum Gasteiger partial charge on any atom is 0.304 e. The van der Waals surface area contributed by atoms with Crippen LogP contribution in [0.3, 0.4) is 0 Å². The molecule has 0 radical (unpaired) electrons. The average molecular weight is 1450 g/mol. The first-order chi connectivity index (χ1) is 47.6. The number of hydrogen-bond donors (Lipinski definition) is 14. The van der Waals surface area contributed by atoms with Gasteiger partial charge in [-0.15, -0.1) is 11.8 Å². The molecule has 35 heteroatoms. The van der Waals surface area contributed by atoms with Gasteiger partial charge in [0.05, 0.1) is 69.2 Å². The zero-order valence-electron chi connectivity index (χ0n) is 56.4. The van der Waals surface area contributed by atoms with Crippen molar-refractivity contribution in [3.63, 3.8) is 0 Å². The Balaban J connectivity index is 1.99. The lowest BCUT2D eigenvalue weighted by atomic mass is 9.90. The summed E-state index contributed by atoms with van der Waals surface area (Å²) in [4.78, 5) is 181. The first-order valence-corrected chi connectivity index (χ1v) is 37.1. The predicted octanol–water partition coefficient (Wildman–Crippen LogP) is -2.68. The van der Waals surface area contributed by atoms with E-state index in [0.717, 1.165) is 33.3 Å².